The van der Waals surface area contributed by atoms with Crippen LogP contribution in [0.15, 0.2) is 28.4 Å². The maximum atomic E-state index is 11.1. The summed E-state index contributed by atoms with van der Waals surface area (Å²) in [5.74, 6) is 0.380. The van der Waals surface area contributed by atoms with Crippen LogP contribution in [-0.4, -0.2) is 14.5 Å². The molecule has 2 aromatic heterocycles. The number of aromatic amines is 1. The number of H-pyrrole nitrogens is 1. The second-order valence-corrected chi connectivity index (χ2v) is 5.09. The number of imidazole rings is 1. The van der Waals surface area contributed by atoms with Crippen LogP contribution in [0.2, 0.25) is 5.02 Å². The molecule has 7 heteroatoms. The Morgan fingerprint density at radius 3 is 3.06 bits per heavy atom. The summed E-state index contributed by atoms with van der Waals surface area (Å²) in [6, 6.07) is 5.51. The molecule has 2 heterocycles. The minimum Gasteiger partial charge on any atom is -0.369 e. The first-order chi connectivity index (χ1) is 8.65. The Hall–Kier alpha value is -1.79. The molecule has 0 saturated carbocycles. The minimum absolute atomic E-state index is 0.0778. The second kappa shape index (κ2) is 4.15. The number of nitrogens with two attached hydrogens (primary N) is 1. The number of hydrogen-bond donors (Lipinski definition) is 2. The molecule has 0 spiro atoms. The molecule has 0 atom stereocenters. The van der Waals surface area contributed by atoms with Crippen molar-refractivity contribution in [2.24, 2.45) is 0 Å². The van der Waals surface area contributed by atoms with Gasteiger partial charge in [-0.15, -0.1) is 0 Å². The molecule has 0 fully saturated rings. The highest BCUT2D eigenvalue weighted by Crippen LogP contribution is 2.25. The van der Waals surface area contributed by atoms with E-state index in [1.54, 1.807) is 11.4 Å². The van der Waals surface area contributed by atoms with E-state index in [9.17, 15) is 4.79 Å². The highest BCUT2D eigenvalue weighted by atomic mass is 35.5. The lowest BCUT2D eigenvalue weighted by molar-refractivity contribution is 0.814. The number of hydrogen-bond acceptors (Lipinski definition) is 4. The van der Waals surface area contributed by atoms with Crippen molar-refractivity contribution in [1.82, 2.24) is 14.5 Å². The topological polar surface area (TPSA) is 76.7 Å². The van der Waals surface area contributed by atoms with Gasteiger partial charge in [-0.3, -0.25) is 4.79 Å². The third-order valence-electron chi connectivity index (χ3n) is 2.66. The summed E-state index contributed by atoms with van der Waals surface area (Å²) in [5.41, 5.74) is 8.21. The minimum atomic E-state index is -0.0778. The zero-order valence-electron chi connectivity index (χ0n) is 9.18. The van der Waals surface area contributed by atoms with Gasteiger partial charge >= 0.3 is 4.87 Å². The number of aromatic nitrogens is 3. The van der Waals surface area contributed by atoms with E-state index in [2.05, 4.69) is 9.97 Å². The summed E-state index contributed by atoms with van der Waals surface area (Å²) in [6.07, 6.45) is 0. The van der Waals surface area contributed by atoms with E-state index in [1.165, 1.54) is 0 Å². The van der Waals surface area contributed by atoms with Crippen LogP contribution in [0.1, 0.15) is 5.69 Å². The number of fused-ring (bicyclic) bond motifs is 1. The number of rotatable bonds is 2. The van der Waals surface area contributed by atoms with Crippen molar-refractivity contribution >= 4 is 39.9 Å². The number of nitrogen functional groups attached to an aromatic ring is 1. The first-order valence-electron chi connectivity index (χ1n) is 5.22. The van der Waals surface area contributed by atoms with Crippen molar-refractivity contribution in [1.29, 1.82) is 0 Å². The van der Waals surface area contributed by atoms with Crippen LogP contribution < -0.4 is 10.6 Å². The third kappa shape index (κ3) is 1.79. The monoisotopic (exact) mass is 280 g/mol. The van der Waals surface area contributed by atoms with Crippen LogP contribution in [0.3, 0.4) is 0 Å². The maximum Gasteiger partial charge on any atom is 0.304 e. The molecule has 92 valence electrons. The number of thiazole rings is 1. The number of benzene rings is 1. The number of nitrogens with zero attached hydrogens (tertiary/aromatic N) is 2. The average Bonchev–Trinajstić information content (AvgIpc) is 2.87. The molecule has 0 saturated heterocycles. The van der Waals surface area contributed by atoms with Gasteiger partial charge in [0.25, 0.3) is 0 Å². The van der Waals surface area contributed by atoms with Crippen molar-refractivity contribution in [3.8, 4) is 0 Å². The molecule has 3 rings (SSSR count). The van der Waals surface area contributed by atoms with Crippen molar-refractivity contribution in [3.05, 3.63) is 44.0 Å². The SMILES string of the molecule is Nc1nc2c(Cl)cccc2n1Cc1csc(=O)[nH]1. The van der Waals surface area contributed by atoms with Crippen LogP contribution in [0.5, 0.6) is 0 Å². The van der Waals surface area contributed by atoms with E-state index >= 15 is 0 Å². The molecule has 0 amide bonds. The highest BCUT2D eigenvalue weighted by molar-refractivity contribution is 7.07. The molecule has 5 nitrogen and oxygen atoms in total. The van der Waals surface area contributed by atoms with Gasteiger partial charge < -0.3 is 15.3 Å². The van der Waals surface area contributed by atoms with Crippen LogP contribution in [0.4, 0.5) is 5.95 Å². The van der Waals surface area contributed by atoms with Crippen LogP contribution in [-0.2, 0) is 6.54 Å². The first-order valence-corrected chi connectivity index (χ1v) is 6.48. The van der Waals surface area contributed by atoms with Crippen molar-refractivity contribution in [2.75, 3.05) is 5.73 Å². The lowest BCUT2D eigenvalue weighted by Gasteiger charge is -2.04. The summed E-state index contributed by atoms with van der Waals surface area (Å²) in [4.78, 5) is 18.0. The van der Waals surface area contributed by atoms with E-state index in [0.29, 0.717) is 23.0 Å². The molecule has 0 bridgehead atoms. The number of para-hydroxylation sites is 1. The number of halogens is 1. The van der Waals surface area contributed by atoms with Gasteiger partial charge in [0, 0.05) is 11.1 Å². The van der Waals surface area contributed by atoms with Crippen molar-refractivity contribution in [3.63, 3.8) is 0 Å². The summed E-state index contributed by atoms with van der Waals surface area (Å²) in [6.45, 7) is 0.474. The van der Waals surface area contributed by atoms with Crippen LogP contribution >= 0.6 is 22.9 Å². The van der Waals surface area contributed by atoms with E-state index in [1.807, 2.05) is 16.7 Å². The summed E-state index contributed by atoms with van der Waals surface area (Å²) >= 11 is 7.19. The Kier molecular flexibility index (Phi) is 2.61. The number of nitrogens with one attached hydrogen (secondary N) is 1. The number of anilines is 1. The molecule has 0 aliphatic heterocycles. The second-order valence-electron chi connectivity index (χ2n) is 3.84. The first kappa shape index (κ1) is 11.3. The van der Waals surface area contributed by atoms with Gasteiger partial charge in [-0.1, -0.05) is 29.0 Å². The van der Waals surface area contributed by atoms with Gasteiger partial charge in [0.1, 0.15) is 5.52 Å². The molecule has 0 aliphatic rings. The zero-order chi connectivity index (χ0) is 12.7. The molecule has 0 unspecified atom stereocenters. The fourth-order valence-electron chi connectivity index (χ4n) is 1.86. The standard InChI is InChI=1S/C11H9ClN4OS/c12-7-2-1-3-8-9(7)15-10(13)16(8)4-6-5-18-11(17)14-6/h1-3,5H,4H2,(H2,13,15)(H,14,17). The molecular formula is C11H9ClN4OS. The molecule has 1 aromatic carbocycles. The predicted molar refractivity (Wildman–Crippen MR) is 73.2 cm³/mol. The third-order valence-corrected chi connectivity index (χ3v) is 3.68. The Balaban J connectivity index is 2.14. The molecule has 18 heavy (non-hydrogen) atoms. The summed E-state index contributed by atoms with van der Waals surface area (Å²) in [5, 5.41) is 2.34. The Bertz CT molecular complexity index is 773. The lowest BCUT2D eigenvalue weighted by atomic mass is 10.3. The molecule has 0 aliphatic carbocycles. The predicted octanol–water partition coefficient (Wildman–Crippen LogP) is 2.07. The van der Waals surface area contributed by atoms with Crippen molar-refractivity contribution in [2.45, 2.75) is 6.54 Å². The van der Waals surface area contributed by atoms with Crippen LogP contribution in [0, 0.1) is 0 Å². The molecule has 3 N–H and O–H groups in total. The van der Waals surface area contributed by atoms with E-state index in [4.69, 9.17) is 17.3 Å². The van der Waals surface area contributed by atoms with E-state index in [-0.39, 0.29) is 4.87 Å². The Morgan fingerprint density at radius 2 is 2.33 bits per heavy atom. The fraction of sp³-hybridized carbons (Fsp3) is 0.0909. The lowest BCUT2D eigenvalue weighted by Crippen LogP contribution is -2.06. The molecule has 3 aromatic rings. The largest absolute Gasteiger partial charge is 0.369 e. The Morgan fingerprint density at radius 1 is 1.50 bits per heavy atom. The fourth-order valence-corrected chi connectivity index (χ4v) is 2.64. The van der Waals surface area contributed by atoms with Gasteiger partial charge in [0.2, 0.25) is 5.95 Å². The van der Waals surface area contributed by atoms with E-state index < -0.39 is 0 Å². The van der Waals surface area contributed by atoms with Gasteiger partial charge in [0.15, 0.2) is 0 Å². The van der Waals surface area contributed by atoms with Crippen LogP contribution in [0.25, 0.3) is 11.0 Å². The van der Waals surface area contributed by atoms with Gasteiger partial charge in [-0.25, -0.2) is 4.98 Å². The quantitative estimate of drug-likeness (QED) is 0.754. The van der Waals surface area contributed by atoms with Gasteiger partial charge in [-0.2, -0.15) is 0 Å². The van der Waals surface area contributed by atoms with Gasteiger partial charge in [0.05, 0.1) is 17.1 Å². The van der Waals surface area contributed by atoms with E-state index in [0.717, 1.165) is 22.5 Å². The zero-order valence-corrected chi connectivity index (χ0v) is 10.8. The Labute approximate surface area is 111 Å². The molecule has 0 radical (unpaired) electrons. The smallest absolute Gasteiger partial charge is 0.304 e. The molecular weight excluding hydrogens is 272 g/mol. The maximum absolute atomic E-state index is 11.1. The normalized spacial score (nSPS) is 11.2. The van der Waals surface area contributed by atoms with Gasteiger partial charge in [-0.05, 0) is 12.1 Å². The average molecular weight is 281 g/mol. The summed E-state index contributed by atoms with van der Waals surface area (Å²) in [7, 11) is 0. The summed E-state index contributed by atoms with van der Waals surface area (Å²) < 4.78 is 1.82. The highest BCUT2D eigenvalue weighted by Gasteiger charge is 2.11. The van der Waals surface area contributed by atoms with Crippen molar-refractivity contribution < 1.29 is 0 Å².